The first-order valence-corrected chi connectivity index (χ1v) is 4.52. The van der Waals surface area contributed by atoms with E-state index in [-0.39, 0.29) is 0 Å². The molecule has 0 radical (unpaired) electrons. The monoisotopic (exact) mass is 246 g/mol. The van der Waals surface area contributed by atoms with Gasteiger partial charge >= 0.3 is 0 Å². The van der Waals surface area contributed by atoms with E-state index >= 15 is 0 Å². The summed E-state index contributed by atoms with van der Waals surface area (Å²) in [6.07, 6.45) is 0. The van der Waals surface area contributed by atoms with Crippen molar-refractivity contribution < 1.29 is 0 Å². The molecule has 0 saturated heterocycles. The van der Waals surface area contributed by atoms with Crippen LogP contribution in [0.2, 0.25) is 5.02 Å². The largest absolute Gasteiger partial charge is 0.387 e. The number of hydrogen-bond donors (Lipinski definition) is 1. The molecule has 0 bridgehead atoms. The number of nitrogens with zero attached hydrogens (tertiary/aromatic N) is 1. The third-order valence-corrected chi connectivity index (χ3v) is 2.11. The van der Waals surface area contributed by atoms with Crippen LogP contribution in [0.5, 0.6) is 0 Å². The van der Waals surface area contributed by atoms with Gasteiger partial charge in [-0.3, -0.25) is 0 Å². The van der Waals surface area contributed by atoms with E-state index in [1.807, 2.05) is 6.07 Å². The fourth-order valence-corrected chi connectivity index (χ4v) is 1.26. The first-order valence-electron chi connectivity index (χ1n) is 3.35. The van der Waals surface area contributed by atoms with Gasteiger partial charge in [-0.25, -0.2) is 4.99 Å². The summed E-state index contributed by atoms with van der Waals surface area (Å²) in [6, 6.07) is 5.38. The van der Waals surface area contributed by atoms with Crippen LogP contribution in [0.25, 0.3) is 0 Å². The summed E-state index contributed by atoms with van der Waals surface area (Å²) < 4.78 is 0.886. The van der Waals surface area contributed by atoms with Crippen molar-refractivity contribution in [2.24, 2.45) is 10.7 Å². The molecule has 1 aromatic rings. The first-order chi connectivity index (χ1) is 5.59. The summed E-state index contributed by atoms with van der Waals surface area (Å²) in [5.41, 5.74) is 6.18. The van der Waals surface area contributed by atoms with E-state index < -0.39 is 0 Å². The zero-order valence-electron chi connectivity index (χ0n) is 6.51. The van der Waals surface area contributed by atoms with Gasteiger partial charge in [0.15, 0.2) is 0 Å². The minimum Gasteiger partial charge on any atom is -0.387 e. The molecule has 0 aromatic heterocycles. The summed E-state index contributed by atoms with van der Waals surface area (Å²) in [7, 11) is 0. The van der Waals surface area contributed by atoms with Gasteiger partial charge in [-0.1, -0.05) is 11.6 Å². The molecule has 0 aliphatic heterocycles. The maximum atomic E-state index is 5.77. The average molecular weight is 248 g/mol. The van der Waals surface area contributed by atoms with Gasteiger partial charge in [0.1, 0.15) is 0 Å². The maximum absolute atomic E-state index is 5.77. The van der Waals surface area contributed by atoms with Crippen molar-refractivity contribution in [3.63, 3.8) is 0 Å². The normalized spacial score (nSPS) is 11.8. The van der Waals surface area contributed by atoms with E-state index in [9.17, 15) is 0 Å². The molecule has 1 rings (SSSR count). The van der Waals surface area contributed by atoms with E-state index in [1.54, 1.807) is 19.1 Å². The lowest BCUT2D eigenvalue weighted by Crippen LogP contribution is -2.03. The van der Waals surface area contributed by atoms with E-state index in [2.05, 4.69) is 20.9 Å². The van der Waals surface area contributed by atoms with Gasteiger partial charge in [0.05, 0.1) is 11.5 Å². The number of rotatable bonds is 1. The topological polar surface area (TPSA) is 38.4 Å². The van der Waals surface area contributed by atoms with Gasteiger partial charge in [-0.15, -0.1) is 0 Å². The fraction of sp³-hybridized carbons (Fsp3) is 0.125. The summed E-state index contributed by atoms with van der Waals surface area (Å²) in [5, 5.41) is 0.651. The van der Waals surface area contributed by atoms with Crippen molar-refractivity contribution in [3.8, 4) is 0 Å². The highest BCUT2D eigenvalue weighted by molar-refractivity contribution is 9.10. The number of nitrogens with two attached hydrogens (primary N) is 1. The Kier molecular flexibility index (Phi) is 3.12. The van der Waals surface area contributed by atoms with Crippen molar-refractivity contribution in [1.29, 1.82) is 0 Å². The van der Waals surface area contributed by atoms with Crippen molar-refractivity contribution in [2.45, 2.75) is 6.92 Å². The maximum Gasteiger partial charge on any atom is 0.0965 e. The van der Waals surface area contributed by atoms with Crippen molar-refractivity contribution >= 4 is 39.1 Å². The Labute approximate surface area is 84.6 Å². The van der Waals surface area contributed by atoms with Crippen LogP contribution < -0.4 is 5.73 Å². The number of amidine groups is 1. The second-order valence-electron chi connectivity index (χ2n) is 2.35. The Hall–Kier alpha value is -0.540. The summed E-state index contributed by atoms with van der Waals surface area (Å²) in [4.78, 5) is 4.08. The molecule has 0 aliphatic rings. The molecule has 2 nitrogen and oxygen atoms in total. The minimum atomic E-state index is 0.512. The molecule has 0 fully saturated rings. The molecule has 0 atom stereocenters. The molecule has 0 unspecified atom stereocenters. The number of benzene rings is 1. The molecular weight excluding hydrogens is 239 g/mol. The highest BCUT2D eigenvalue weighted by atomic mass is 79.9. The van der Waals surface area contributed by atoms with Gasteiger partial charge < -0.3 is 5.73 Å². The molecule has 1 aromatic carbocycles. The van der Waals surface area contributed by atoms with Crippen LogP contribution in [0.1, 0.15) is 6.92 Å². The zero-order valence-corrected chi connectivity index (χ0v) is 8.85. The third-order valence-electron chi connectivity index (χ3n) is 1.20. The lowest BCUT2D eigenvalue weighted by Gasteiger charge is -1.98. The van der Waals surface area contributed by atoms with Crippen molar-refractivity contribution in [3.05, 3.63) is 27.7 Å². The van der Waals surface area contributed by atoms with E-state index in [0.29, 0.717) is 10.9 Å². The second-order valence-corrected chi connectivity index (χ2v) is 3.64. The van der Waals surface area contributed by atoms with Crippen LogP contribution in [-0.2, 0) is 0 Å². The lowest BCUT2D eigenvalue weighted by molar-refractivity contribution is 1.43. The molecule has 64 valence electrons. The standard InChI is InChI=1S/C8H8BrClN2/c1-5(11)12-8-4-6(10)2-3-7(8)9/h2-4H,1H3,(H2,11,12). The third kappa shape index (κ3) is 2.50. The SMILES string of the molecule is CC(N)=Nc1cc(Cl)ccc1Br. The highest BCUT2D eigenvalue weighted by Crippen LogP contribution is 2.28. The van der Waals surface area contributed by atoms with E-state index in [1.165, 1.54) is 0 Å². The Morgan fingerprint density at radius 1 is 1.58 bits per heavy atom. The molecule has 0 spiro atoms. The Morgan fingerprint density at radius 2 is 2.25 bits per heavy atom. The Bertz CT molecular complexity index is 319. The Balaban J connectivity index is 3.14. The van der Waals surface area contributed by atoms with Gasteiger partial charge in [-0.2, -0.15) is 0 Å². The van der Waals surface area contributed by atoms with Crippen LogP contribution >= 0.6 is 27.5 Å². The van der Waals surface area contributed by atoms with Gasteiger partial charge in [0.25, 0.3) is 0 Å². The van der Waals surface area contributed by atoms with Gasteiger partial charge in [0.2, 0.25) is 0 Å². The molecule has 0 aliphatic carbocycles. The smallest absolute Gasteiger partial charge is 0.0965 e. The number of aliphatic imine (C=N–C) groups is 1. The fourth-order valence-electron chi connectivity index (χ4n) is 0.761. The Morgan fingerprint density at radius 3 is 2.83 bits per heavy atom. The molecule has 2 N–H and O–H groups in total. The van der Waals surface area contributed by atoms with Crippen molar-refractivity contribution in [1.82, 2.24) is 0 Å². The predicted molar refractivity (Wildman–Crippen MR) is 56.1 cm³/mol. The van der Waals surface area contributed by atoms with Gasteiger partial charge in [-0.05, 0) is 41.1 Å². The van der Waals surface area contributed by atoms with Crippen LogP contribution in [0, 0.1) is 0 Å². The van der Waals surface area contributed by atoms with Gasteiger partial charge in [0, 0.05) is 9.50 Å². The number of hydrogen-bond acceptors (Lipinski definition) is 1. The highest BCUT2D eigenvalue weighted by Gasteiger charge is 1.98. The molecular formula is C8H8BrClN2. The van der Waals surface area contributed by atoms with Crippen LogP contribution in [0.4, 0.5) is 5.69 Å². The van der Waals surface area contributed by atoms with Crippen LogP contribution in [0.15, 0.2) is 27.7 Å². The van der Waals surface area contributed by atoms with Crippen LogP contribution in [0.3, 0.4) is 0 Å². The quantitative estimate of drug-likeness (QED) is 0.601. The molecule has 0 amide bonds. The second kappa shape index (κ2) is 3.92. The van der Waals surface area contributed by atoms with E-state index in [0.717, 1.165) is 10.2 Å². The molecule has 0 saturated carbocycles. The molecule has 12 heavy (non-hydrogen) atoms. The van der Waals surface area contributed by atoms with Crippen molar-refractivity contribution in [2.75, 3.05) is 0 Å². The van der Waals surface area contributed by atoms with E-state index in [4.69, 9.17) is 17.3 Å². The predicted octanol–water partition coefficient (Wildman–Crippen LogP) is 3.11. The molecule has 0 heterocycles. The average Bonchev–Trinajstić information content (AvgIpc) is 1.96. The molecule has 4 heteroatoms. The lowest BCUT2D eigenvalue weighted by atomic mass is 10.3. The first kappa shape index (κ1) is 9.55. The van der Waals surface area contributed by atoms with Crippen LogP contribution in [-0.4, -0.2) is 5.84 Å². The number of halogens is 2. The zero-order chi connectivity index (χ0) is 9.14. The summed E-state index contributed by atoms with van der Waals surface area (Å²) >= 11 is 9.11. The summed E-state index contributed by atoms with van der Waals surface area (Å²) in [6.45, 7) is 1.73. The minimum absolute atomic E-state index is 0.512. The summed E-state index contributed by atoms with van der Waals surface area (Å²) in [5.74, 6) is 0.512.